The van der Waals surface area contributed by atoms with Crippen molar-refractivity contribution in [2.75, 3.05) is 13.6 Å². The van der Waals surface area contributed by atoms with E-state index in [9.17, 15) is 4.79 Å². The molecular weight excluding hydrogens is 230 g/mol. The fourth-order valence-electron chi connectivity index (χ4n) is 2.38. The van der Waals surface area contributed by atoms with Gasteiger partial charge >= 0.3 is 0 Å². The molecule has 0 aliphatic carbocycles. The number of piperidine rings is 1. The van der Waals surface area contributed by atoms with Gasteiger partial charge in [-0.2, -0.15) is 0 Å². The fourth-order valence-corrected chi connectivity index (χ4v) is 2.38. The Morgan fingerprint density at radius 1 is 1.67 bits per heavy atom. The third-order valence-corrected chi connectivity index (χ3v) is 3.42. The van der Waals surface area contributed by atoms with Crippen LogP contribution in [0.5, 0.6) is 0 Å². The zero-order valence-corrected chi connectivity index (χ0v) is 11.3. The molecule has 5 nitrogen and oxygen atoms in total. The van der Waals surface area contributed by atoms with Gasteiger partial charge in [0.1, 0.15) is 11.5 Å². The summed E-state index contributed by atoms with van der Waals surface area (Å²) in [4.78, 5) is 14.0. The molecule has 100 valence electrons. The van der Waals surface area contributed by atoms with E-state index in [1.165, 1.54) is 0 Å². The first-order valence-electron chi connectivity index (χ1n) is 6.47. The van der Waals surface area contributed by atoms with Gasteiger partial charge in [0.25, 0.3) is 0 Å². The Kier molecular flexibility index (Phi) is 4.01. The SMILES string of the molecule is Cc1cc(CN(C)C(=O)C2CC(C)CCN2)no1. The first-order chi connectivity index (χ1) is 8.56. The summed E-state index contributed by atoms with van der Waals surface area (Å²) in [5, 5.41) is 7.20. The third kappa shape index (κ3) is 3.10. The van der Waals surface area contributed by atoms with Crippen molar-refractivity contribution < 1.29 is 9.32 Å². The lowest BCUT2D eigenvalue weighted by molar-refractivity contribution is -0.133. The highest BCUT2D eigenvalue weighted by molar-refractivity contribution is 5.81. The summed E-state index contributed by atoms with van der Waals surface area (Å²) in [7, 11) is 1.81. The highest BCUT2D eigenvalue weighted by Gasteiger charge is 2.27. The third-order valence-electron chi connectivity index (χ3n) is 3.42. The molecule has 1 aliphatic rings. The molecule has 1 aromatic rings. The van der Waals surface area contributed by atoms with Gasteiger partial charge in [0.2, 0.25) is 5.91 Å². The highest BCUT2D eigenvalue weighted by atomic mass is 16.5. The standard InChI is InChI=1S/C13H21N3O2/c1-9-4-5-14-12(6-9)13(17)16(3)8-11-7-10(2)18-15-11/h7,9,12,14H,4-6,8H2,1-3H3. The van der Waals surface area contributed by atoms with Crippen molar-refractivity contribution in [1.29, 1.82) is 0 Å². The molecule has 1 aromatic heterocycles. The van der Waals surface area contributed by atoms with Crippen molar-refractivity contribution >= 4 is 5.91 Å². The number of aromatic nitrogens is 1. The number of nitrogens with zero attached hydrogens (tertiary/aromatic N) is 2. The molecule has 0 radical (unpaired) electrons. The molecule has 1 N–H and O–H groups in total. The van der Waals surface area contributed by atoms with Crippen LogP contribution in [0, 0.1) is 12.8 Å². The number of carbonyl (C=O) groups is 1. The van der Waals surface area contributed by atoms with E-state index in [1.54, 1.807) is 4.90 Å². The minimum atomic E-state index is -0.0493. The monoisotopic (exact) mass is 251 g/mol. The van der Waals surface area contributed by atoms with Crippen LogP contribution in [-0.4, -0.2) is 35.6 Å². The quantitative estimate of drug-likeness (QED) is 0.880. The average Bonchev–Trinajstić information content (AvgIpc) is 2.73. The fraction of sp³-hybridized carbons (Fsp3) is 0.692. The zero-order valence-electron chi connectivity index (χ0n) is 11.3. The molecule has 1 aliphatic heterocycles. The molecule has 0 spiro atoms. The lowest BCUT2D eigenvalue weighted by Gasteiger charge is -2.30. The van der Waals surface area contributed by atoms with E-state index in [0.717, 1.165) is 30.8 Å². The van der Waals surface area contributed by atoms with Crippen molar-refractivity contribution in [3.8, 4) is 0 Å². The Bertz CT molecular complexity index is 416. The molecule has 2 atom stereocenters. The van der Waals surface area contributed by atoms with Crippen LogP contribution in [0.2, 0.25) is 0 Å². The van der Waals surface area contributed by atoms with Crippen molar-refractivity contribution in [3.63, 3.8) is 0 Å². The van der Waals surface area contributed by atoms with Gasteiger partial charge in [0.15, 0.2) is 0 Å². The highest BCUT2D eigenvalue weighted by Crippen LogP contribution is 2.17. The van der Waals surface area contributed by atoms with Gasteiger partial charge < -0.3 is 14.7 Å². The Morgan fingerprint density at radius 2 is 2.44 bits per heavy atom. The molecule has 2 unspecified atom stereocenters. The summed E-state index contributed by atoms with van der Waals surface area (Å²) >= 11 is 0. The Hall–Kier alpha value is -1.36. The molecule has 1 amide bonds. The van der Waals surface area contributed by atoms with Crippen molar-refractivity contribution in [3.05, 3.63) is 17.5 Å². The Labute approximate surface area is 108 Å². The second-order valence-electron chi connectivity index (χ2n) is 5.26. The Morgan fingerprint density at radius 3 is 3.06 bits per heavy atom. The molecule has 0 bridgehead atoms. The molecule has 0 aromatic carbocycles. The van der Waals surface area contributed by atoms with Gasteiger partial charge in [-0.3, -0.25) is 4.79 Å². The van der Waals surface area contributed by atoms with Crippen molar-refractivity contribution in [2.24, 2.45) is 5.92 Å². The molecule has 5 heteroatoms. The van der Waals surface area contributed by atoms with Crippen LogP contribution in [0.3, 0.4) is 0 Å². The van der Waals surface area contributed by atoms with Gasteiger partial charge in [-0.15, -0.1) is 0 Å². The maximum atomic E-state index is 12.3. The van der Waals surface area contributed by atoms with Crippen LogP contribution in [0.1, 0.15) is 31.2 Å². The summed E-state index contributed by atoms with van der Waals surface area (Å²) in [5.41, 5.74) is 0.798. The van der Waals surface area contributed by atoms with Crippen LogP contribution in [0.25, 0.3) is 0 Å². The number of hydrogen-bond acceptors (Lipinski definition) is 4. The molecule has 2 heterocycles. The van der Waals surface area contributed by atoms with Crippen LogP contribution in [0.4, 0.5) is 0 Å². The molecule has 18 heavy (non-hydrogen) atoms. The smallest absolute Gasteiger partial charge is 0.239 e. The second-order valence-corrected chi connectivity index (χ2v) is 5.26. The lowest BCUT2D eigenvalue weighted by atomic mass is 9.93. The minimum Gasteiger partial charge on any atom is -0.361 e. The number of carbonyl (C=O) groups excluding carboxylic acids is 1. The van der Waals surface area contributed by atoms with Crippen LogP contribution in [-0.2, 0) is 11.3 Å². The maximum absolute atomic E-state index is 12.3. The normalized spacial score (nSPS) is 23.9. The van der Waals surface area contributed by atoms with E-state index >= 15 is 0 Å². The predicted octanol–water partition coefficient (Wildman–Crippen LogP) is 1.33. The van der Waals surface area contributed by atoms with E-state index in [-0.39, 0.29) is 11.9 Å². The summed E-state index contributed by atoms with van der Waals surface area (Å²) in [6.07, 6.45) is 2.07. The summed E-state index contributed by atoms with van der Waals surface area (Å²) in [6, 6.07) is 1.81. The first kappa shape index (κ1) is 13.1. The number of hydrogen-bond donors (Lipinski definition) is 1. The summed E-state index contributed by atoms with van der Waals surface area (Å²) < 4.78 is 5.00. The Balaban J connectivity index is 1.91. The number of rotatable bonds is 3. The molecule has 1 fully saturated rings. The van der Waals surface area contributed by atoms with Gasteiger partial charge in [-0.25, -0.2) is 0 Å². The second kappa shape index (κ2) is 5.52. The van der Waals surface area contributed by atoms with Crippen LogP contribution >= 0.6 is 0 Å². The molecular formula is C13H21N3O2. The van der Waals surface area contributed by atoms with Gasteiger partial charge in [-0.05, 0) is 32.2 Å². The number of nitrogens with one attached hydrogen (secondary N) is 1. The molecule has 2 rings (SSSR count). The molecule has 0 saturated carbocycles. The van der Waals surface area contributed by atoms with Crippen LogP contribution < -0.4 is 5.32 Å². The van der Waals surface area contributed by atoms with Gasteiger partial charge in [0, 0.05) is 13.1 Å². The van der Waals surface area contributed by atoms with Gasteiger partial charge in [0.05, 0.1) is 12.6 Å². The summed E-state index contributed by atoms with van der Waals surface area (Å²) in [5.74, 6) is 1.53. The van der Waals surface area contributed by atoms with E-state index in [1.807, 2.05) is 20.0 Å². The van der Waals surface area contributed by atoms with E-state index in [4.69, 9.17) is 4.52 Å². The maximum Gasteiger partial charge on any atom is 0.239 e. The topological polar surface area (TPSA) is 58.4 Å². The van der Waals surface area contributed by atoms with E-state index in [2.05, 4.69) is 17.4 Å². The van der Waals surface area contributed by atoms with Crippen molar-refractivity contribution in [1.82, 2.24) is 15.4 Å². The predicted molar refractivity (Wildman–Crippen MR) is 67.9 cm³/mol. The number of aryl methyl sites for hydroxylation is 1. The first-order valence-corrected chi connectivity index (χ1v) is 6.47. The van der Waals surface area contributed by atoms with Crippen LogP contribution in [0.15, 0.2) is 10.6 Å². The van der Waals surface area contributed by atoms with E-state index in [0.29, 0.717) is 12.5 Å². The van der Waals surface area contributed by atoms with Crippen molar-refractivity contribution in [2.45, 2.75) is 39.3 Å². The zero-order chi connectivity index (χ0) is 13.1. The minimum absolute atomic E-state index is 0.0493. The van der Waals surface area contributed by atoms with Gasteiger partial charge in [-0.1, -0.05) is 12.1 Å². The number of amides is 1. The largest absolute Gasteiger partial charge is 0.361 e. The van der Waals surface area contributed by atoms with E-state index < -0.39 is 0 Å². The average molecular weight is 251 g/mol. The molecule has 1 saturated heterocycles. The number of likely N-dealkylation sites (N-methyl/N-ethyl adjacent to an activating group) is 1. The summed E-state index contributed by atoms with van der Waals surface area (Å²) in [6.45, 7) is 5.47. The lowest BCUT2D eigenvalue weighted by Crippen LogP contribution is -2.48.